The molecule has 0 atom stereocenters. The maximum atomic E-state index is 5.66. The first-order valence-corrected chi connectivity index (χ1v) is 8.61. The van der Waals surface area contributed by atoms with Crippen LogP contribution in [0.2, 0.25) is 0 Å². The van der Waals surface area contributed by atoms with Gasteiger partial charge >= 0.3 is 0 Å². The van der Waals surface area contributed by atoms with Crippen molar-refractivity contribution in [1.82, 2.24) is 10.9 Å². The molecule has 28 heavy (non-hydrogen) atoms. The molecule has 0 aliphatic rings. The smallest absolute Gasteiger partial charge is 0.209 e. The van der Waals surface area contributed by atoms with E-state index in [-0.39, 0.29) is 11.9 Å². The molecule has 0 amide bonds. The van der Waals surface area contributed by atoms with Crippen LogP contribution >= 0.6 is 0 Å². The Morgan fingerprint density at radius 1 is 0.679 bits per heavy atom. The molecule has 0 heterocycles. The van der Waals surface area contributed by atoms with Gasteiger partial charge in [0.15, 0.2) is 0 Å². The minimum absolute atomic E-state index is 0.245. The van der Waals surface area contributed by atoms with Crippen LogP contribution in [0.15, 0.2) is 68.7 Å². The lowest BCUT2D eigenvalue weighted by atomic mass is 9.92. The van der Waals surface area contributed by atoms with Crippen molar-refractivity contribution in [3.05, 3.63) is 59.7 Å². The lowest BCUT2D eigenvalue weighted by Gasteiger charge is -2.12. The summed E-state index contributed by atoms with van der Waals surface area (Å²) in [4.78, 5) is 7.68. The number of hydrazone groups is 2. The van der Waals surface area contributed by atoms with E-state index in [1.54, 1.807) is 26.5 Å². The van der Waals surface area contributed by atoms with Crippen molar-refractivity contribution in [3.8, 4) is 0 Å². The van der Waals surface area contributed by atoms with Gasteiger partial charge in [-0.25, -0.2) is 10.9 Å². The molecule has 6 N–H and O–H groups in total. The van der Waals surface area contributed by atoms with Crippen LogP contribution in [-0.4, -0.2) is 38.4 Å². The highest BCUT2D eigenvalue weighted by atomic mass is 15.3. The highest BCUT2D eigenvalue weighted by Gasteiger charge is 2.11. The number of nitrogens with zero attached hydrogens (tertiary/aromatic N) is 4. The summed E-state index contributed by atoms with van der Waals surface area (Å²) in [7, 11) is 3.20. The van der Waals surface area contributed by atoms with E-state index in [9.17, 15) is 0 Å². The molecule has 0 bridgehead atoms. The first kappa shape index (κ1) is 18.8. The van der Waals surface area contributed by atoms with Gasteiger partial charge in [-0.05, 0) is 21.5 Å². The fourth-order valence-corrected chi connectivity index (χ4v) is 2.90. The van der Waals surface area contributed by atoms with E-state index >= 15 is 0 Å². The predicted octanol–water partition coefficient (Wildman–Crippen LogP) is 1.73. The Balaban J connectivity index is 2.21. The summed E-state index contributed by atoms with van der Waals surface area (Å²) in [6.07, 6.45) is 3.51. The van der Waals surface area contributed by atoms with Gasteiger partial charge in [-0.2, -0.15) is 10.2 Å². The van der Waals surface area contributed by atoms with Crippen molar-refractivity contribution in [2.45, 2.75) is 0 Å². The van der Waals surface area contributed by atoms with Gasteiger partial charge in [-0.15, -0.1) is 0 Å². The lowest BCUT2D eigenvalue weighted by Crippen LogP contribution is -2.27. The minimum Gasteiger partial charge on any atom is -0.369 e. The zero-order valence-corrected chi connectivity index (χ0v) is 15.7. The second kappa shape index (κ2) is 8.63. The molecule has 0 saturated carbocycles. The number of hydrogen-bond donors (Lipinski definition) is 4. The Morgan fingerprint density at radius 3 is 1.29 bits per heavy atom. The summed E-state index contributed by atoms with van der Waals surface area (Å²) in [6, 6.07) is 16.2. The maximum absolute atomic E-state index is 5.66. The Morgan fingerprint density at radius 2 is 1.00 bits per heavy atom. The van der Waals surface area contributed by atoms with E-state index in [1.807, 2.05) is 48.5 Å². The van der Waals surface area contributed by atoms with Crippen LogP contribution in [0.3, 0.4) is 0 Å². The van der Waals surface area contributed by atoms with Crippen LogP contribution in [0.5, 0.6) is 0 Å². The molecule has 3 aromatic rings. The topological polar surface area (TPSA) is 126 Å². The molecule has 0 spiro atoms. The number of fused-ring (bicyclic) bond motifs is 2. The van der Waals surface area contributed by atoms with Crippen LogP contribution in [0.1, 0.15) is 11.1 Å². The average molecular weight is 374 g/mol. The molecule has 8 heteroatoms. The summed E-state index contributed by atoms with van der Waals surface area (Å²) in [6.45, 7) is 0. The molecule has 3 rings (SSSR count). The third-order valence-electron chi connectivity index (χ3n) is 4.24. The first-order chi connectivity index (χ1) is 13.7. The molecule has 0 aromatic heterocycles. The second-order valence-electron chi connectivity index (χ2n) is 5.88. The van der Waals surface area contributed by atoms with Gasteiger partial charge in [0.25, 0.3) is 0 Å². The van der Waals surface area contributed by atoms with Crippen molar-refractivity contribution in [1.29, 1.82) is 0 Å². The molecule has 0 saturated heterocycles. The quantitative estimate of drug-likeness (QED) is 0.240. The van der Waals surface area contributed by atoms with E-state index in [2.05, 4.69) is 31.0 Å². The monoisotopic (exact) mass is 374 g/mol. The summed E-state index contributed by atoms with van der Waals surface area (Å²) in [5.41, 5.74) is 18.7. The third-order valence-corrected chi connectivity index (χ3v) is 4.24. The number of hydrogen-bond acceptors (Lipinski definition) is 4. The van der Waals surface area contributed by atoms with Gasteiger partial charge in [0.05, 0.1) is 12.4 Å². The van der Waals surface area contributed by atoms with Crippen molar-refractivity contribution in [2.75, 3.05) is 14.1 Å². The predicted molar refractivity (Wildman–Crippen MR) is 118 cm³/mol. The standard InChI is InChI=1S/C20H22N8/c1-23-19(21)27-25-11-17-13-7-3-5-9-15(13)18(12-26-28-20(22)24-2)16-10-6-4-8-14(16)17/h3-12H,1-2H3,(H3,21,23,27)(H3,22,24,28)/b25-11+,26-12+. The molecular formula is C20H22N8. The summed E-state index contributed by atoms with van der Waals surface area (Å²) in [5.74, 6) is 0.490. The van der Waals surface area contributed by atoms with E-state index < -0.39 is 0 Å². The number of nitrogens with two attached hydrogens (primary N) is 2. The van der Waals surface area contributed by atoms with E-state index in [1.165, 1.54) is 0 Å². The summed E-state index contributed by atoms with van der Waals surface area (Å²) >= 11 is 0. The fraction of sp³-hybridized carbons (Fsp3) is 0.100. The van der Waals surface area contributed by atoms with Crippen molar-refractivity contribution in [3.63, 3.8) is 0 Å². The number of guanidine groups is 2. The van der Waals surface area contributed by atoms with Crippen LogP contribution in [0, 0.1) is 0 Å². The third kappa shape index (κ3) is 3.90. The molecular weight excluding hydrogens is 352 g/mol. The summed E-state index contributed by atoms with van der Waals surface area (Å²) in [5, 5.41) is 12.6. The van der Waals surface area contributed by atoms with Crippen molar-refractivity contribution in [2.24, 2.45) is 31.7 Å². The van der Waals surface area contributed by atoms with Gasteiger partial charge in [0.2, 0.25) is 11.9 Å². The zero-order chi connectivity index (χ0) is 19.9. The van der Waals surface area contributed by atoms with E-state index in [4.69, 9.17) is 11.5 Å². The van der Waals surface area contributed by atoms with Crippen molar-refractivity contribution < 1.29 is 0 Å². The zero-order valence-electron chi connectivity index (χ0n) is 15.7. The molecule has 0 aliphatic heterocycles. The van der Waals surface area contributed by atoms with Gasteiger partial charge in [-0.3, -0.25) is 9.98 Å². The van der Waals surface area contributed by atoms with Gasteiger partial charge < -0.3 is 11.5 Å². The molecule has 142 valence electrons. The van der Waals surface area contributed by atoms with Crippen LogP contribution in [-0.2, 0) is 0 Å². The molecule has 3 aromatic carbocycles. The highest BCUT2D eigenvalue weighted by Crippen LogP contribution is 2.31. The molecule has 0 aliphatic carbocycles. The number of nitrogens with one attached hydrogen (secondary N) is 2. The average Bonchev–Trinajstić information content (AvgIpc) is 2.74. The Bertz CT molecular complexity index is 967. The van der Waals surface area contributed by atoms with Gasteiger partial charge in [0.1, 0.15) is 0 Å². The molecule has 0 radical (unpaired) electrons. The highest BCUT2D eigenvalue weighted by molar-refractivity contribution is 6.21. The SMILES string of the molecule is CN=C(N)N/N=C/c1c2ccccc2c(/C=N/NC(N)=NC)c2ccccc12. The normalized spacial score (nSPS) is 13.1. The minimum atomic E-state index is 0.245. The van der Waals surface area contributed by atoms with E-state index in [0.717, 1.165) is 32.7 Å². The second-order valence-corrected chi connectivity index (χ2v) is 5.88. The summed E-state index contributed by atoms with van der Waals surface area (Å²) < 4.78 is 0. The van der Waals surface area contributed by atoms with Crippen LogP contribution < -0.4 is 22.3 Å². The van der Waals surface area contributed by atoms with E-state index in [0.29, 0.717) is 0 Å². The number of aliphatic imine (C=N–C) groups is 2. The maximum Gasteiger partial charge on any atom is 0.209 e. The molecule has 0 unspecified atom stereocenters. The Labute approximate surface area is 162 Å². The largest absolute Gasteiger partial charge is 0.369 e. The molecule has 8 nitrogen and oxygen atoms in total. The van der Waals surface area contributed by atoms with Crippen LogP contribution in [0.25, 0.3) is 21.5 Å². The van der Waals surface area contributed by atoms with Gasteiger partial charge in [-0.1, -0.05) is 48.5 Å². The Kier molecular flexibility index (Phi) is 5.81. The number of rotatable bonds is 4. The lowest BCUT2D eigenvalue weighted by molar-refractivity contribution is 1.01. The first-order valence-electron chi connectivity index (χ1n) is 8.61. The van der Waals surface area contributed by atoms with Crippen molar-refractivity contribution >= 4 is 45.9 Å². The van der Waals surface area contributed by atoms with Crippen LogP contribution in [0.4, 0.5) is 0 Å². The Hall–Kier alpha value is -3.94. The fourth-order valence-electron chi connectivity index (χ4n) is 2.90. The number of benzene rings is 3. The molecule has 0 fully saturated rings. The van der Waals surface area contributed by atoms with Gasteiger partial charge in [0, 0.05) is 25.2 Å².